The van der Waals surface area contributed by atoms with Crippen LogP contribution in [0.25, 0.3) is 0 Å². The van der Waals surface area contributed by atoms with Gasteiger partial charge < -0.3 is 9.80 Å². The molecule has 0 atom stereocenters. The zero-order valence-corrected chi connectivity index (χ0v) is 13.1. The quantitative estimate of drug-likeness (QED) is 0.415. The molecular weight excluding hydrogens is 250 g/mol. The van der Waals surface area contributed by atoms with Crippen LogP contribution in [-0.4, -0.2) is 66.5 Å². The number of likely N-dealkylation sites (tertiary alicyclic amines) is 1. The summed E-state index contributed by atoms with van der Waals surface area (Å²) in [7, 11) is 0. The van der Waals surface area contributed by atoms with Crippen molar-refractivity contribution in [2.24, 2.45) is 10.4 Å². The molecule has 0 aliphatic carbocycles. The second kappa shape index (κ2) is 6.45. The maximum Gasteiger partial charge on any atom is 0.212 e. The Morgan fingerprint density at radius 3 is 2.05 bits per heavy atom. The van der Waals surface area contributed by atoms with Crippen LogP contribution >= 0.6 is 0 Å². The molecule has 20 heavy (non-hydrogen) atoms. The monoisotopic (exact) mass is 277 g/mol. The Morgan fingerprint density at radius 1 is 1.00 bits per heavy atom. The van der Waals surface area contributed by atoms with Crippen LogP contribution in [0.4, 0.5) is 0 Å². The molecule has 0 aromatic rings. The SMILES string of the molecule is CC(C)(C)CN1CCN(C(=NC#N)N2CCCC2)CC1. The van der Waals surface area contributed by atoms with E-state index in [-0.39, 0.29) is 0 Å². The van der Waals surface area contributed by atoms with Gasteiger partial charge in [0.15, 0.2) is 0 Å². The van der Waals surface area contributed by atoms with E-state index in [0.29, 0.717) is 5.41 Å². The van der Waals surface area contributed by atoms with E-state index in [0.717, 1.165) is 51.8 Å². The van der Waals surface area contributed by atoms with Crippen molar-refractivity contribution in [3.05, 3.63) is 0 Å². The lowest BCUT2D eigenvalue weighted by Gasteiger charge is -2.40. The molecule has 0 saturated carbocycles. The third kappa shape index (κ3) is 4.11. The highest BCUT2D eigenvalue weighted by molar-refractivity contribution is 5.81. The summed E-state index contributed by atoms with van der Waals surface area (Å²) in [6.45, 7) is 14.2. The molecule has 2 rings (SSSR count). The van der Waals surface area contributed by atoms with Gasteiger partial charge >= 0.3 is 0 Å². The maximum atomic E-state index is 8.93. The lowest BCUT2D eigenvalue weighted by Crippen LogP contribution is -2.54. The van der Waals surface area contributed by atoms with Gasteiger partial charge in [0.2, 0.25) is 12.2 Å². The third-order valence-electron chi connectivity index (χ3n) is 3.89. The fourth-order valence-electron chi connectivity index (χ4n) is 3.08. The van der Waals surface area contributed by atoms with Crippen molar-refractivity contribution >= 4 is 5.96 Å². The Hall–Kier alpha value is -1.28. The van der Waals surface area contributed by atoms with Crippen LogP contribution < -0.4 is 0 Å². The first-order valence-electron chi connectivity index (χ1n) is 7.69. The van der Waals surface area contributed by atoms with E-state index in [4.69, 9.17) is 5.26 Å². The summed E-state index contributed by atoms with van der Waals surface area (Å²) in [5, 5.41) is 8.93. The number of guanidine groups is 1. The van der Waals surface area contributed by atoms with Gasteiger partial charge in [-0.3, -0.25) is 4.90 Å². The van der Waals surface area contributed by atoms with Crippen molar-refractivity contribution in [1.82, 2.24) is 14.7 Å². The molecule has 0 spiro atoms. The summed E-state index contributed by atoms with van der Waals surface area (Å²) >= 11 is 0. The highest BCUT2D eigenvalue weighted by Gasteiger charge is 2.27. The van der Waals surface area contributed by atoms with Gasteiger partial charge in [-0.2, -0.15) is 5.26 Å². The number of hydrogen-bond acceptors (Lipinski definition) is 3. The number of nitriles is 1. The van der Waals surface area contributed by atoms with Crippen LogP contribution in [0, 0.1) is 16.9 Å². The summed E-state index contributed by atoms with van der Waals surface area (Å²) in [4.78, 5) is 11.2. The van der Waals surface area contributed by atoms with E-state index in [1.165, 1.54) is 12.8 Å². The number of aliphatic imine (C=N–C) groups is 1. The molecule has 2 saturated heterocycles. The van der Waals surface area contributed by atoms with Crippen LogP contribution in [0.5, 0.6) is 0 Å². The zero-order chi connectivity index (χ0) is 14.6. The second-order valence-corrected chi connectivity index (χ2v) is 7.03. The van der Waals surface area contributed by atoms with E-state index in [2.05, 4.69) is 40.5 Å². The highest BCUT2D eigenvalue weighted by atomic mass is 15.4. The lowest BCUT2D eigenvalue weighted by molar-refractivity contribution is 0.130. The number of piperazine rings is 1. The molecule has 112 valence electrons. The molecule has 0 bridgehead atoms. The average Bonchev–Trinajstić information content (AvgIpc) is 2.89. The van der Waals surface area contributed by atoms with E-state index < -0.39 is 0 Å². The number of hydrogen-bond donors (Lipinski definition) is 0. The largest absolute Gasteiger partial charge is 0.342 e. The molecule has 0 N–H and O–H groups in total. The second-order valence-electron chi connectivity index (χ2n) is 7.03. The van der Waals surface area contributed by atoms with Gasteiger partial charge in [0, 0.05) is 45.8 Å². The van der Waals surface area contributed by atoms with E-state index in [9.17, 15) is 0 Å². The van der Waals surface area contributed by atoms with E-state index >= 15 is 0 Å². The molecule has 5 heteroatoms. The molecule has 0 unspecified atom stereocenters. The highest BCUT2D eigenvalue weighted by Crippen LogP contribution is 2.18. The predicted molar refractivity (Wildman–Crippen MR) is 81.3 cm³/mol. The van der Waals surface area contributed by atoms with Gasteiger partial charge in [0.1, 0.15) is 0 Å². The molecule has 2 aliphatic heterocycles. The van der Waals surface area contributed by atoms with Crippen LogP contribution in [-0.2, 0) is 0 Å². The van der Waals surface area contributed by atoms with Crippen LogP contribution in [0.3, 0.4) is 0 Å². The minimum absolute atomic E-state index is 0.348. The Morgan fingerprint density at radius 2 is 1.55 bits per heavy atom. The molecule has 0 radical (unpaired) electrons. The van der Waals surface area contributed by atoms with E-state index in [1.807, 2.05) is 6.19 Å². The van der Waals surface area contributed by atoms with Crippen molar-refractivity contribution in [3.63, 3.8) is 0 Å². The van der Waals surface area contributed by atoms with Crippen molar-refractivity contribution in [2.75, 3.05) is 45.8 Å². The molecule has 2 aliphatic rings. The summed E-state index contributed by atoms with van der Waals surface area (Å²) in [5.41, 5.74) is 0.348. The van der Waals surface area contributed by atoms with Crippen LogP contribution in [0.1, 0.15) is 33.6 Å². The Bertz CT molecular complexity index is 376. The first kappa shape index (κ1) is 15.1. The smallest absolute Gasteiger partial charge is 0.212 e. The number of rotatable bonds is 1. The molecule has 0 aromatic heterocycles. The molecule has 0 aromatic carbocycles. The molecule has 2 heterocycles. The summed E-state index contributed by atoms with van der Waals surface area (Å²) in [5.74, 6) is 0.903. The van der Waals surface area contributed by atoms with Gasteiger partial charge in [-0.25, -0.2) is 0 Å². The van der Waals surface area contributed by atoms with Crippen LogP contribution in [0.2, 0.25) is 0 Å². The molecular formula is C15H27N5. The predicted octanol–water partition coefficient (Wildman–Crippen LogP) is 1.58. The van der Waals surface area contributed by atoms with E-state index in [1.54, 1.807) is 0 Å². The average molecular weight is 277 g/mol. The fourth-order valence-corrected chi connectivity index (χ4v) is 3.08. The minimum atomic E-state index is 0.348. The van der Waals surface area contributed by atoms with Crippen molar-refractivity contribution in [1.29, 1.82) is 5.26 Å². The lowest BCUT2D eigenvalue weighted by atomic mass is 9.96. The van der Waals surface area contributed by atoms with Crippen molar-refractivity contribution < 1.29 is 0 Å². The first-order chi connectivity index (χ1) is 9.49. The maximum absolute atomic E-state index is 8.93. The van der Waals surface area contributed by atoms with Gasteiger partial charge in [0.25, 0.3) is 0 Å². The van der Waals surface area contributed by atoms with Gasteiger partial charge in [-0.15, -0.1) is 4.99 Å². The van der Waals surface area contributed by atoms with Gasteiger partial charge in [0.05, 0.1) is 0 Å². The van der Waals surface area contributed by atoms with Crippen molar-refractivity contribution in [2.45, 2.75) is 33.6 Å². The first-order valence-corrected chi connectivity index (χ1v) is 7.69. The number of nitrogens with zero attached hydrogens (tertiary/aromatic N) is 5. The summed E-state index contributed by atoms with van der Waals surface area (Å²) < 4.78 is 0. The zero-order valence-electron chi connectivity index (χ0n) is 13.1. The molecule has 0 amide bonds. The van der Waals surface area contributed by atoms with Crippen molar-refractivity contribution in [3.8, 4) is 6.19 Å². The molecule has 2 fully saturated rings. The summed E-state index contributed by atoms with van der Waals surface area (Å²) in [6, 6.07) is 0. The standard InChI is InChI=1S/C15H27N5/c1-15(2,3)12-18-8-10-20(11-9-18)14(17-13-16)19-6-4-5-7-19/h4-12H2,1-3H3. The summed E-state index contributed by atoms with van der Waals surface area (Å²) in [6.07, 6.45) is 4.42. The van der Waals surface area contributed by atoms with Gasteiger partial charge in [-0.1, -0.05) is 20.8 Å². The Labute approximate surface area is 122 Å². The normalized spacial score (nSPS) is 22.2. The minimum Gasteiger partial charge on any atom is -0.342 e. The Kier molecular flexibility index (Phi) is 4.87. The fraction of sp³-hybridized carbons (Fsp3) is 0.867. The van der Waals surface area contributed by atoms with Crippen LogP contribution in [0.15, 0.2) is 4.99 Å². The topological polar surface area (TPSA) is 45.9 Å². The molecule has 5 nitrogen and oxygen atoms in total. The Balaban J connectivity index is 1.91. The van der Waals surface area contributed by atoms with Gasteiger partial charge in [-0.05, 0) is 18.3 Å². The third-order valence-corrected chi connectivity index (χ3v) is 3.89.